The highest BCUT2D eigenvalue weighted by molar-refractivity contribution is 5.45. The lowest BCUT2D eigenvalue weighted by molar-refractivity contribution is -0.385. The van der Waals surface area contributed by atoms with Gasteiger partial charge in [0.1, 0.15) is 6.20 Å². The molecule has 1 aromatic heterocycles. The molecular formula is C9H11N3O2. The molecule has 0 bridgehead atoms. The van der Waals surface area contributed by atoms with E-state index in [-0.39, 0.29) is 5.69 Å². The summed E-state index contributed by atoms with van der Waals surface area (Å²) >= 11 is 0. The lowest BCUT2D eigenvalue weighted by atomic mass is 10.3. The van der Waals surface area contributed by atoms with Crippen LogP contribution in [0.5, 0.6) is 0 Å². The Morgan fingerprint density at radius 3 is 2.64 bits per heavy atom. The van der Waals surface area contributed by atoms with Gasteiger partial charge in [-0.05, 0) is 12.1 Å². The van der Waals surface area contributed by atoms with Gasteiger partial charge in [0.2, 0.25) is 0 Å². The molecule has 0 fully saturated rings. The Morgan fingerprint density at radius 2 is 2.21 bits per heavy atom. The fourth-order valence-corrected chi connectivity index (χ4v) is 0.830. The first-order valence-corrected chi connectivity index (χ1v) is 4.04. The van der Waals surface area contributed by atoms with Crippen LogP contribution in [-0.4, -0.2) is 28.9 Å². The molecule has 5 nitrogen and oxygen atoms in total. The molecule has 0 aliphatic heterocycles. The lowest BCUT2D eigenvalue weighted by Gasteiger charge is -2.02. The molecule has 74 valence electrons. The van der Waals surface area contributed by atoms with Gasteiger partial charge in [-0.2, -0.15) is 0 Å². The van der Waals surface area contributed by atoms with E-state index in [0.29, 0.717) is 5.69 Å². The van der Waals surface area contributed by atoms with Gasteiger partial charge in [0, 0.05) is 26.4 Å². The lowest BCUT2D eigenvalue weighted by Crippen LogP contribution is -1.99. The number of rotatable bonds is 3. The van der Waals surface area contributed by atoms with Crippen molar-refractivity contribution in [3.8, 4) is 0 Å². The molecule has 14 heavy (non-hydrogen) atoms. The van der Waals surface area contributed by atoms with Crippen molar-refractivity contribution < 1.29 is 4.92 Å². The normalized spacial score (nSPS) is 10.4. The molecule has 0 aliphatic carbocycles. The molecule has 1 aromatic rings. The van der Waals surface area contributed by atoms with Crippen LogP contribution in [0.15, 0.2) is 24.5 Å². The Bertz CT molecular complexity index is 344. The average molecular weight is 193 g/mol. The first-order valence-electron chi connectivity index (χ1n) is 4.04. The van der Waals surface area contributed by atoms with Crippen LogP contribution in [0.25, 0.3) is 6.08 Å². The summed E-state index contributed by atoms with van der Waals surface area (Å²) in [6.45, 7) is 0. The number of pyridine rings is 1. The van der Waals surface area contributed by atoms with E-state index < -0.39 is 4.92 Å². The highest BCUT2D eigenvalue weighted by Crippen LogP contribution is 2.09. The minimum Gasteiger partial charge on any atom is -0.383 e. The largest absolute Gasteiger partial charge is 0.383 e. The molecule has 0 radical (unpaired) electrons. The zero-order valence-electron chi connectivity index (χ0n) is 8.04. The van der Waals surface area contributed by atoms with Crippen LogP contribution in [0.3, 0.4) is 0 Å². The zero-order chi connectivity index (χ0) is 10.6. The van der Waals surface area contributed by atoms with Crippen molar-refractivity contribution in [2.45, 2.75) is 0 Å². The van der Waals surface area contributed by atoms with E-state index in [1.165, 1.54) is 12.3 Å². The summed E-state index contributed by atoms with van der Waals surface area (Å²) in [6.07, 6.45) is 4.85. The number of hydrogen-bond donors (Lipinski definition) is 0. The topological polar surface area (TPSA) is 59.3 Å². The summed E-state index contributed by atoms with van der Waals surface area (Å²) in [5.74, 6) is 0. The van der Waals surface area contributed by atoms with Gasteiger partial charge in [-0.1, -0.05) is 0 Å². The third-order valence-corrected chi connectivity index (χ3v) is 1.53. The van der Waals surface area contributed by atoms with Crippen LogP contribution in [0.4, 0.5) is 5.69 Å². The van der Waals surface area contributed by atoms with Crippen molar-refractivity contribution in [3.05, 3.63) is 40.3 Å². The fourth-order valence-electron chi connectivity index (χ4n) is 0.830. The standard InChI is InChI=1S/C9H11N3O2/c1-11(2)6-5-8-3-4-9(7-10-8)12(13)14/h3-7H,1-2H3/b6-5+. The minimum absolute atomic E-state index is 0.00648. The van der Waals surface area contributed by atoms with Gasteiger partial charge in [-0.15, -0.1) is 0 Å². The Kier molecular flexibility index (Phi) is 3.17. The summed E-state index contributed by atoms with van der Waals surface area (Å²) in [4.78, 5) is 15.6. The third-order valence-electron chi connectivity index (χ3n) is 1.53. The molecule has 0 saturated carbocycles. The van der Waals surface area contributed by atoms with Crippen molar-refractivity contribution in [2.24, 2.45) is 0 Å². The van der Waals surface area contributed by atoms with Crippen LogP contribution in [0, 0.1) is 10.1 Å². The fraction of sp³-hybridized carbons (Fsp3) is 0.222. The maximum atomic E-state index is 10.3. The molecule has 0 atom stereocenters. The van der Waals surface area contributed by atoms with E-state index in [9.17, 15) is 10.1 Å². The van der Waals surface area contributed by atoms with Crippen molar-refractivity contribution in [1.82, 2.24) is 9.88 Å². The maximum absolute atomic E-state index is 10.3. The molecule has 5 heteroatoms. The Labute approximate surface area is 81.8 Å². The number of aromatic nitrogens is 1. The summed E-state index contributed by atoms with van der Waals surface area (Å²) in [5, 5.41) is 10.3. The quantitative estimate of drug-likeness (QED) is 0.539. The van der Waals surface area contributed by atoms with Gasteiger partial charge in [-0.3, -0.25) is 10.1 Å². The summed E-state index contributed by atoms with van der Waals surface area (Å²) < 4.78 is 0. The Morgan fingerprint density at radius 1 is 1.50 bits per heavy atom. The van der Waals surface area contributed by atoms with Crippen molar-refractivity contribution >= 4 is 11.8 Å². The van der Waals surface area contributed by atoms with Gasteiger partial charge in [-0.25, -0.2) is 4.98 Å². The molecule has 0 N–H and O–H groups in total. The van der Waals surface area contributed by atoms with Gasteiger partial charge >= 0.3 is 0 Å². The molecule has 0 amide bonds. The molecule has 0 aromatic carbocycles. The highest BCUT2D eigenvalue weighted by atomic mass is 16.6. The predicted octanol–water partition coefficient (Wildman–Crippen LogP) is 1.52. The van der Waals surface area contributed by atoms with Crippen LogP contribution in [0.2, 0.25) is 0 Å². The molecule has 0 aliphatic rings. The van der Waals surface area contributed by atoms with E-state index in [1.54, 1.807) is 12.1 Å². The first-order chi connectivity index (χ1) is 6.59. The minimum atomic E-state index is -0.466. The van der Waals surface area contributed by atoms with Crippen LogP contribution in [0.1, 0.15) is 5.69 Å². The molecule has 0 spiro atoms. The Hall–Kier alpha value is -1.91. The van der Waals surface area contributed by atoms with Crippen molar-refractivity contribution in [1.29, 1.82) is 0 Å². The van der Waals surface area contributed by atoms with Crippen LogP contribution < -0.4 is 0 Å². The smallest absolute Gasteiger partial charge is 0.287 e. The Balaban J connectivity index is 2.78. The molecule has 0 unspecified atom stereocenters. The average Bonchev–Trinajstić information content (AvgIpc) is 2.15. The van der Waals surface area contributed by atoms with E-state index in [4.69, 9.17) is 0 Å². The van der Waals surface area contributed by atoms with E-state index in [2.05, 4.69) is 4.98 Å². The zero-order valence-corrected chi connectivity index (χ0v) is 8.04. The van der Waals surface area contributed by atoms with E-state index in [0.717, 1.165) is 0 Å². The second kappa shape index (κ2) is 4.36. The van der Waals surface area contributed by atoms with Gasteiger partial charge in [0.05, 0.1) is 10.6 Å². The van der Waals surface area contributed by atoms with Crippen LogP contribution in [-0.2, 0) is 0 Å². The SMILES string of the molecule is CN(C)/C=C/c1ccc([N+](=O)[O-])cn1. The number of hydrogen-bond acceptors (Lipinski definition) is 4. The van der Waals surface area contributed by atoms with Gasteiger partial charge in [0.15, 0.2) is 0 Å². The maximum Gasteiger partial charge on any atom is 0.287 e. The van der Waals surface area contributed by atoms with Crippen molar-refractivity contribution in [3.63, 3.8) is 0 Å². The number of nitrogens with zero attached hydrogens (tertiary/aromatic N) is 3. The van der Waals surface area contributed by atoms with Crippen molar-refractivity contribution in [2.75, 3.05) is 14.1 Å². The summed E-state index contributed by atoms with van der Waals surface area (Å²) in [6, 6.07) is 3.04. The molecule has 1 heterocycles. The molecule has 1 rings (SSSR count). The predicted molar refractivity (Wildman–Crippen MR) is 53.6 cm³/mol. The number of nitro groups is 1. The van der Waals surface area contributed by atoms with Gasteiger partial charge < -0.3 is 4.90 Å². The van der Waals surface area contributed by atoms with E-state index in [1.807, 2.05) is 25.2 Å². The summed E-state index contributed by atoms with van der Waals surface area (Å²) in [7, 11) is 3.78. The van der Waals surface area contributed by atoms with Crippen LogP contribution >= 0.6 is 0 Å². The van der Waals surface area contributed by atoms with E-state index >= 15 is 0 Å². The first kappa shape index (κ1) is 10.2. The third kappa shape index (κ3) is 2.85. The second-order valence-electron chi connectivity index (χ2n) is 2.98. The molecule has 0 saturated heterocycles. The highest BCUT2D eigenvalue weighted by Gasteiger charge is 2.03. The van der Waals surface area contributed by atoms with Gasteiger partial charge in [0.25, 0.3) is 5.69 Å². The summed E-state index contributed by atoms with van der Waals surface area (Å²) in [5.41, 5.74) is 0.705. The monoisotopic (exact) mass is 193 g/mol. The molecular weight excluding hydrogens is 182 g/mol. The second-order valence-corrected chi connectivity index (χ2v) is 2.98.